The lowest BCUT2D eigenvalue weighted by Gasteiger charge is -2.30. The Balaban J connectivity index is 1.95. The van der Waals surface area contributed by atoms with Crippen LogP contribution in [0.1, 0.15) is 25.5 Å². The van der Waals surface area contributed by atoms with Gasteiger partial charge in [0.05, 0.1) is 19.3 Å². The number of nitrogens with one attached hydrogen (secondary N) is 1. The number of benzene rings is 1. The molecule has 0 aliphatic carbocycles. The minimum Gasteiger partial charge on any atom is -0.378 e. The second-order valence-corrected chi connectivity index (χ2v) is 5.92. The van der Waals surface area contributed by atoms with E-state index >= 15 is 0 Å². The molecule has 2 rings (SSSR count). The zero-order valence-electron chi connectivity index (χ0n) is 11.9. The van der Waals surface area contributed by atoms with E-state index in [1.165, 1.54) is 0 Å². The third-order valence-corrected chi connectivity index (χ3v) is 4.29. The molecule has 0 bridgehead atoms. The molecule has 1 saturated heterocycles. The second kappa shape index (κ2) is 7.20. The third kappa shape index (κ3) is 3.81. The monoisotopic (exact) mass is 340 g/mol. The van der Waals surface area contributed by atoms with Crippen LogP contribution in [0.2, 0.25) is 0 Å². The standard InChI is InChI=1S/C15H21BrN2O2/c1-11(13-5-3-4-6-14(13)16)17-12(2)15(19)18-7-9-20-10-8-18/h3-6,11-12,17H,7-10H2,1-2H3/t11-,12?/m1/s1. The number of hydrogen-bond donors (Lipinski definition) is 1. The number of hydrogen-bond acceptors (Lipinski definition) is 3. The van der Waals surface area contributed by atoms with Crippen molar-refractivity contribution in [3.8, 4) is 0 Å². The summed E-state index contributed by atoms with van der Waals surface area (Å²) in [4.78, 5) is 14.2. The first-order valence-corrected chi connectivity index (χ1v) is 7.76. The van der Waals surface area contributed by atoms with Gasteiger partial charge in [0, 0.05) is 23.6 Å². The molecule has 1 aliphatic heterocycles. The molecule has 1 amide bonds. The first-order chi connectivity index (χ1) is 9.59. The Morgan fingerprint density at radius 3 is 2.60 bits per heavy atom. The molecule has 5 heteroatoms. The lowest BCUT2D eigenvalue weighted by Crippen LogP contribution is -2.49. The highest BCUT2D eigenvalue weighted by atomic mass is 79.9. The van der Waals surface area contributed by atoms with Crippen LogP contribution >= 0.6 is 15.9 Å². The van der Waals surface area contributed by atoms with Crippen LogP contribution < -0.4 is 5.32 Å². The Bertz CT molecular complexity index is 461. The summed E-state index contributed by atoms with van der Waals surface area (Å²) >= 11 is 3.55. The summed E-state index contributed by atoms with van der Waals surface area (Å²) in [6.07, 6.45) is 0. The van der Waals surface area contributed by atoms with Crippen LogP contribution in [0.4, 0.5) is 0 Å². The van der Waals surface area contributed by atoms with E-state index in [1.54, 1.807) is 0 Å². The third-order valence-electron chi connectivity index (χ3n) is 3.56. The number of carbonyl (C=O) groups excluding carboxylic acids is 1. The van der Waals surface area contributed by atoms with Gasteiger partial charge in [-0.3, -0.25) is 10.1 Å². The molecule has 1 aromatic carbocycles. The van der Waals surface area contributed by atoms with Crippen LogP contribution in [0.5, 0.6) is 0 Å². The Morgan fingerprint density at radius 2 is 1.95 bits per heavy atom. The van der Waals surface area contributed by atoms with Crippen LogP contribution in [0, 0.1) is 0 Å². The number of morpholine rings is 1. The van der Waals surface area contributed by atoms with Crippen molar-refractivity contribution in [1.29, 1.82) is 0 Å². The highest BCUT2D eigenvalue weighted by Gasteiger charge is 2.24. The molecule has 0 aromatic heterocycles. The minimum absolute atomic E-state index is 0.116. The van der Waals surface area contributed by atoms with Crippen molar-refractivity contribution >= 4 is 21.8 Å². The lowest BCUT2D eigenvalue weighted by atomic mass is 10.1. The molecule has 1 aromatic rings. The Kier molecular flexibility index (Phi) is 5.57. The second-order valence-electron chi connectivity index (χ2n) is 5.07. The summed E-state index contributed by atoms with van der Waals surface area (Å²) in [7, 11) is 0. The smallest absolute Gasteiger partial charge is 0.239 e. The van der Waals surface area contributed by atoms with Crippen LogP contribution in [0.15, 0.2) is 28.7 Å². The molecular formula is C15H21BrN2O2. The maximum absolute atomic E-state index is 12.3. The fourth-order valence-electron chi connectivity index (χ4n) is 2.42. The minimum atomic E-state index is -0.199. The maximum atomic E-state index is 12.3. The van der Waals surface area contributed by atoms with Gasteiger partial charge >= 0.3 is 0 Å². The van der Waals surface area contributed by atoms with E-state index in [-0.39, 0.29) is 18.0 Å². The largest absolute Gasteiger partial charge is 0.378 e. The van der Waals surface area contributed by atoms with Crippen LogP contribution in [-0.4, -0.2) is 43.2 Å². The average molecular weight is 341 g/mol. The average Bonchev–Trinajstić information content (AvgIpc) is 2.47. The molecule has 2 atom stereocenters. The molecule has 0 saturated carbocycles. The van der Waals surface area contributed by atoms with Gasteiger partial charge in [0.15, 0.2) is 0 Å². The van der Waals surface area contributed by atoms with E-state index < -0.39 is 0 Å². The van der Waals surface area contributed by atoms with Crippen molar-refractivity contribution < 1.29 is 9.53 Å². The predicted molar refractivity (Wildman–Crippen MR) is 82.6 cm³/mol. The van der Waals surface area contributed by atoms with Gasteiger partial charge in [0.1, 0.15) is 0 Å². The molecular weight excluding hydrogens is 320 g/mol. The van der Waals surface area contributed by atoms with Crippen LogP contribution in [0.3, 0.4) is 0 Å². The first-order valence-electron chi connectivity index (χ1n) is 6.96. The van der Waals surface area contributed by atoms with Gasteiger partial charge in [-0.05, 0) is 25.5 Å². The van der Waals surface area contributed by atoms with Crippen molar-refractivity contribution in [1.82, 2.24) is 10.2 Å². The number of rotatable bonds is 4. The van der Waals surface area contributed by atoms with Crippen molar-refractivity contribution in [2.45, 2.75) is 25.9 Å². The number of halogens is 1. The highest BCUT2D eigenvalue weighted by Crippen LogP contribution is 2.23. The molecule has 1 N–H and O–H groups in total. The number of amides is 1. The fraction of sp³-hybridized carbons (Fsp3) is 0.533. The molecule has 0 spiro atoms. The quantitative estimate of drug-likeness (QED) is 0.914. The Labute approximate surface area is 128 Å². The Hall–Kier alpha value is -0.910. The van der Waals surface area contributed by atoms with Gasteiger partial charge in [0.25, 0.3) is 0 Å². The van der Waals surface area contributed by atoms with Crippen LogP contribution in [-0.2, 0) is 9.53 Å². The molecule has 1 aliphatic rings. The zero-order valence-corrected chi connectivity index (χ0v) is 13.5. The molecule has 1 fully saturated rings. The van der Waals surface area contributed by atoms with E-state index in [0.29, 0.717) is 26.3 Å². The molecule has 4 nitrogen and oxygen atoms in total. The SMILES string of the molecule is CC(N[C@H](C)c1ccccc1Br)C(=O)N1CCOCC1. The van der Waals surface area contributed by atoms with Crippen molar-refractivity contribution in [3.05, 3.63) is 34.3 Å². The molecule has 1 heterocycles. The van der Waals surface area contributed by atoms with Gasteiger partial charge < -0.3 is 9.64 Å². The fourth-order valence-corrected chi connectivity index (χ4v) is 3.05. The molecule has 20 heavy (non-hydrogen) atoms. The maximum Gasteiger partial charge on any atom is 0.239 e. The van der Waals surface area contributed by atoms with Crippen molar-refractivity contribution in [2.24, 2.45) is 0 Å². The predicted octanol–water partition coefficient (Wildman–Crippen LogP) is 2.35. The van der Waals surface area contributed by atoms with Crippen molar-refractivity contribution in [2.75, 3.05) is 26.3 Å². The van der Waals surface area contributed by atoms with Gasteiger partial charge in [-0.15, -0.1) is 0 Å². The molecule has 1 unspecified atom stereocenters. The number of ether oxygens (including phenoxy) is 1. The van der Waals surface area contributed by atoms with E-state index in [2.05, 4.69) is 34.2 Å². The van der Waals surface area contributed by atoms with Crippen molar-refractivity contribution in [3.63, 3.8) is 0 Å². The van der Waals surface area contributed by atoms with Gasteiger partial charge in [0.2, 0.25) is 5.91 Å². The summed E-state index contributed by atoms with van der Waals surface area (Å²) < 4.78 is 6.34. The summed E-state index contributed by atoms with van der Waals surface area (Å²) in [5, 5.41) is 3.37. The summed E-state index contributed by atoms with van der Waals surface area (Å²) in [6.45, 7) is 6.65. The summed E-state index contributed by atoms with van der Waals surface area (Å²) in [5.41, 5.74) is 1.16. The van der Waals surface area contributed by atoms with E-state index in [0.717, 1.165) is 10.0 Å². The Morgan fingerprint density at radius 1 is 1.30 bits per heavy atom. The molecule has 0 radical (unpaired) electrons. The number of nitrogens with zero attached hydrogens (tertiary/aromatic N) is 1. The topological polar surface area (TPSA) is 41.6 Å². The summed E-state index contributed by atoms with van der Waals surface area (Å²) in [6, 6.07) is 7.99. The van der Waals surface area contributed by atoms with E-state index in [9.17, 15) is 4.79 Å². The van der Waals surface area contributed by atoms with E-state index in [4.69, 9.17) is 4.74 Å². The number of carbonyl (C=O) groups is 1. The van der Waals surface area contributed by atoms with Gasteiger partial charge in [-0.25, -0.2) is 0 Å². The van der Waals surface area contributed by atoms with E-state index in [1.807, 2.05) is 30.0 Å². The first kappa shape index (κ1) is 15.5. The lowest BCUT2D eigenvalue weighted by molar-refractivity contribution is -0.137. The highest BCUT2D eigenvalue weighted by molar-refractivity contribution is 9.10. The zero-order chi connectivity index (χ0) is 14.5. The van der Waals surface area contributed by atoms with Gasteiger partial charge in [-0.2, -0.15) is 0 Å². The van der Waals surface area contributed by atoms with Crippen LogP contribution in [0.25, 0.3) is 0 Å². The molecule has 110 valence electrons. The van der Waals surface area contributed by atoms with Gasteiger partial charge in [-0.1, -0.05) is 34.1 Å². The summed E-state index contributed by atoms with van der Waals surface area (Å²) in [5.74, 6) is 0.146. The normalized spacial score (nSPS) is 18.6.